The fraction of sp³-hybridized carbons (Fsp3) is 0.200. The van der Waals surface area contributed by atoms with Crippen molar-refractivity contribution in [1.29, 1.82) is 0 Å². The van der Waals surface area contributed by atoms with E-state index in [1.165, 1.54) is 68.4 Å². The van der Waals surface area contributed by atoms with Crippen LogP contribution < -0.4 is 9.04 Å². The molecule has 206 valence electrons. The minimum Gasteiger partial charge on any atom is -0.461 e. The zero-order chi connectivity index (χ0) is 28.7. The smallest absolute Gasteiger partial charge is 0.461 e. The Hall–Kier alpha value is -3.87. The van der Waals surface area contributed by atoms with E-state index in [9.17, 15) is 28.1 Å². The number of rotatable bonds is 10. The van der Waals surface area contributed by atoms with Crippen LogP contribution in [-0.2, 0) is 30.9 Å². The van der Waals surface area contributed by atoms with Gasteiger partial charge in [-0.1, -0.05) is 29.3 Å². The normalized spacial score (nSPS) is 11.8. The van der Waals surface area contributed by atoms with E-state index >= 15 is 0 Å². The predicted octanol–water partition coefficient (Wildman–Crippen LogP) is 5.76. The SMILES string of the molecule is CC(=O)OCc1ccc(Cl)cc1N(CC(C)OC(=O)Oc1ccc([N+](=O)[O-])cc1)S(=O)(=O)c1ccc(Cl)cc1. The molecule has 39 heavy (non-hydrogen) atoms. The third-order valence-electron chi connectivity index (χ3n) is 5.12. The molecule has 3 rings (SSSR count). The van der Waals surface area contributed by atoms with Crippen LogP contribution in [-0.4, -0.2) is 38.1 Å². The van der Waals surface area contributed by atoms with Gasteiger partial charge in [-0.15, -0.1) is 0 Å². The second kappa shape index (κ2) is 12.8. The van der Waals surface area contributed by atoms with Gasteiger partial charge in [0.15, 0.2) is 0 Å². The Bertz CT molecular complexity index is 1460. The molecule has 0 radical (unpaired) electrons. The number of hydrogen-bond donors (Lipinski definition) is 0. The maximum Gasteiger partial charge on any atom is 0.514 e. The van der Waals surface area contributed by atoms with E-state index < -0.39 is 33.2 Å². The van der Waals surface area contributed by atoms with Crippen molar-refractivity contribution in [1.82, 2.24) is 0 Å². The number of esters is 1. The van der Waals surface area contributed by atoms with Crippen LogP contribution in [0.2, 0.25) is 10.0 Å². The summed E-state index contributed by atoms with van der Waals surface area (Å²) >= 11 is 12.1. The van der Waals surface area contributed by atoms with Gasteiger partial charge in [-0.05, 0) is 55.5 Å². The van der Waals surface area contributed by atoms with Gasteiger partial charge in [0.05, 0.1) is 22.1 Å². The van der Waals surface area contributed by atoms with Gasteiger partial charge in [0, 0.05) is 34.7 Å². The van der Waals surface area contributed by atoms with E-state index in [0.717, 1.165) is 16.4 Å². The minimum atomic E-state index is -4.27. The molecule has 0 aliphatic carbocycles. The molecule has 0 aliphatic rings. The van der Waals surface area contributed by atoms with Crippen molar-refractivity contribution in [3.05, 3.63) is 92.5 Å². The molecule has 0 aromatic heterocycles. The maximum atomic E-state index is 13.8. The highest BCUT2D eigenvalue weighted by Gasteiger charge is 2.30. The predicted molar refractivity (Wildman–Crippen MR) is 143 cm³/mol. The lowest BCUT2D eigenvalue weighted by molar-refractivity contribution is -0.384. The topological polar surface area (TPSA) is 142 Å². The maximum absolute atomic E-state index is 13.8. The molecule has 14 heteroatoms. The fourth-order valence-corrected chi connectivity index (χ4v) is 5.18. The molecule has 0 heterocycles. The van der Waals surface area contributed by atoms with Crippen molar-refractivity contribution in [2.75, 3.05) is 10.8 Å². The van der Waals surface area contributed by atoms with Crippen molar-refractivity contribution in [3.63, 3.8) is 0 Å². The number of sulfonamides is 1. The van der Waals surface area contributed by atoms with E-state index in [0.29, 0.717) is 10.6 Å². The molecule has 3 aromatic rings. The van der Waals surface area contributed by atoms with Crippen molar-refractivity contribution in [2.45, 2.75) is 31.5 Å². The van der Waals surface area contributed by atoms with E-state index in [4.69, 9.17) is 37.4 Å². The average Bonchev–Trinajstić information content (AvgIpc) is 2.87. The Morgan fingerprint density at radius 1 is 1.00 bits per heavy atom. The van der Waals surface area contributed by atoms with Gasteiger partial charge >= 0.3 is 12.1 Å². The van der Waals surface area contributed by atoms with Gasteiger partial charge < -0.3 is 14.2 Å². The fourth-order valence-electron chi connectivity index (χ4n) is 3.32. The summed E-state index contributed by atoms with van der Waals surface area (Å²) in [6.45, 7) is 2.03. The number of carbonyl (C=O) groups is 2. The van der Waals surface area contributed by atoms with Crippen molar-refractivity contribution in [2.24, 2.45) is 0 Å². The molecule has 1 unspecified atom stereocenters. The molecule has 0 bridgehead atoms. The lowest BCUT2D eigenvalue weighted by Crippen LogP contribution is -2.39. The Morgan fingerprint density at radius 3 is 2.21 bits per heavy atom. The van der Waals surface area contributed by atoms with Crippen LogP contribution >= 0.6 is 23.2 Å². The van der Waals surface area contributed by atoms with Gasteiger partial charge in [0.25, 0.3) is 15.7 Å². The highest BCUT2D eigenvalue weighted by molar-refractivity contribution is 7.92. The summed E-state index contributed by atoms with van der Waals surface area (Å²) in [5.41, 5.74) is 0.226. The minimum absolute atomic E-state index is 0.0121. The highest BCUT2D eigenvalue weighted by atomic mass is 35.5. The Balaban J connectivity index is 1.90. The zero-order valence-electron chi connectivity index (χ0n) is 20.6. The van der Waals surface area contributed by atoms with Crippen LogP contribution in [0.25, 0.3) is 0 Å². The van der Waals surface area contributed by atoms with Gasteiger partial charge in [-0.25, -0.2) is 13.2 Å². The second-order valence-corrected chi connectivity index (χ2v) is 10.8. The van der Waals surface area contributed by atoms with E-state index in [1.54, 1.807) is 0 Å². The summed E-state index contributed by atoms with van der Waals surface area (Å²) < 4.78 is 43.9. The van der Waals surface area contributed by atoms with Crippen LogP contribution in [0.4, 0.5) is 16.2 Å². The molecule has 3 aromatic carbocycles. The number of nitro benzene ring substituents is 1. The zero-order valence-corrected chi connectivity index (χ0v) is 22.9. The Kier molecular flexibility index (Phi) is 9.73. The molecule has 0 amide bonds. The third kappa shape index (κ3) is 8.06. The number of anilines is 1. The van der Waals surface area contributed by atoms with Gasteiger partial charge in [-0.3, -0.25) is 19.2 Å². The molecule has 1 atom stereocenters. The second-order valence-electron chi connectivity index (χ2n) is 8.07. The number of nitrogens with zero attached hydrogens (tertiary/aromatic N) is 2. The number of halogens is 2. The highest BCUT2D eigenvalue weighted by Crippen LogP contribution is 2.31. The van der Waals surface area contributed by atoms with Gasteiger partial charge in [0.1, 0.15) is 18.5 Å². The molecule has 0 spiro atoms. The summed E-state index contributed by atoms with van der Waals surface area (Å²) in [4.78, 5) is 33.9. The quantitative estimate of drug-likeness (QED) is 0.123. The molecule has 0 saturated heterocycles. The van der Waals surface area contributed by atoms with E-state index in [-0.39, 0.29) is 40.2 Å². The van der Waals surface area contributed by atoms with E-state index in [1.807, 2.05) is 0 Å². The first-order valence-electron chi connectivity index (χ1n) is 11.2. The molecule has 0 aliphatic heterocycles. The number of non-ortho nitro benzene ring substituents is 1. The Morgan fingerprint density at radius 2 is 1.62 bits per heavy atom. The van der Waals surface area contributed by atoms with Gasteiger partial charge in [0.2, 0.25) is 0 Å². The number of hydrogen-bond acceptors (Lipinski definition) is 9. The van der Waals surface area contributed by atoms with Crippen molar-refractivity contribution < 1.29 is 37.1 Å². The lowest BCUT2D eigenvalue weighted by Gasteiger charge is -2.29. The molecule has 0 saturated carbocycles. The van der Waals surface area contributed by atoms with Crippen molar-refractivity contribution in [3.8, 4) is 5.75 Å². The van der Waals surface area contributed by atoms with Crippen LogP contribution in [0.5, 0.6) is 5.75 Å². The summed E-state index contributed by atoms with van der Waals surface area (Å²) in [5.74, 6) is -0.587. The summed E-state index contributed by atoms with van der Waals surface area (Å²) in [6, 6.07) is 14.6. The molecular weight excluding hydrogens is 575 g/mol. The molecule has 11 nitrogen and oxygen atoms in total. The molecular formula is C25H22Cl2N2O9S. The lowest BCUT2D eigenvalue weighted by atomic mass is 10.2. The van der Waals surface area contributed by atoms with Crippen molar-refractivity contribution >= 4 is 56.7 Å². The number of ether oxygens (including phenoxy) is 3. The summed E-state index contributed by atoms with van der Waals surface area (Å²) in [5, 5.41) is 11.3. The summed E-state index contributed by atoms with van der Waals surface area (Å²) in [6.07, 6.45) is -2.22. The first kappa shape index (κ1) is 29.7. The monoisotopic (exact) mass is 596 g/mol. The first-order valence-corrected chi connectivity index (χ1v) is 13.4. The standard InChI is InChI=1S/C25H22Cl2N2O9S/c1-16(37-25(31)38-22-9-7-21(8-10-22)29(32)33)14-28(39(34,35)23-11-5-19(26)6-12-23)24-13-20(27)4-3-18(24)15-36-17(2)30/h3-13,16H,14-15H2,1-2H3. The third-order valence-corrected chi connectivity index (χ3v) is 7.40. The van der Waals surface area contributed by atoms with Crippen LogP contribution in [0, 0.1) is 10.1 Å². The summed E-state index contributed by atoms with van der Waals surface area (Å²) in [7, 11) is -4.27. The Labute approximate surface area is 234 Å². The van der Waals surface area contributed by atoms with Crippen LogP contribution in [0.1, 0.15) is 19.4 Å². The first-order chi connectivity index (χ1) is 18.4. The number of carbonyl (C=O) groups excluding carboxylic acids is 2. The number of nitro groups is 1. The number of benzene rings is 3. The molecule has 0 fully saturated rings. The van der Waals surface area contributed by atoms with Gasteiger partial charge in [-0.2, -0.15) is 0 Å². The average molecular weight is 597 g/mol. The van der Waals surface area contributed by atoms with Crippen LogP contribution in [0.3, 0.4) is 0 Å². The largest absolute Gasteiger partial charge is 0.514 e. The molecule has 0 N–H and O–H groups in total. The van der Waals surface area contributed by atoms with E-state index in [2.05, 4.69) is 0 Å². The van der Waals surface area contributed by atoms with Crippen LogP contribution in [0.15, 0.2) is 71.6 Å².